The highest BCUT2D eigenvalue weighted by Gasteiger charge is 2.20. The standard InChI is InChI=1S/C20H28B3N7O3/c1-24-16-10-15(28-14-5-2-7-26-19(14)33-20(21,22)23)29-17-13(11-27-30(16)17)18(31)25-8-6-12-4-3-9-32-12/h2,5,7,10-12,24H,3-4,6,8-9,21-23H2,1H3,(H,25,31)(H,28,29). The first-order chi connectivity index (χ1) is 15.8. The first-order valence-electron chi connectivity index (χ1n) is 11.2. The molecule has 1 aliphatic heterocycles. The molecule has 4 rings (SSSR count). The average molecular weight is 447 g/mol. The quantitative estimate of drug-likeness (QED) is 0.362. The summed E-state index contributed by atoms with van der Waals surface area (Å²) < 4.78 is 13.2. The smallest absolute Gasteiger partial charge is 0.256 e. The van der Waals surface area contributed by atoms with Crippen molar-refractivity contribution in [2.24, 2.45) is 0 Å². The Labute approximate surface area is 195 Å². The fraction of sp³-hybridized carbons (Fsp3) is 0.400. The summed E-state index contributed by atoms with van der Waals surface area (Å²) in [5.74, 6) is 1.47. The average Bonchev–Trinajstić information content (AvgIpc) is 3.43. The third-order valence-corrected chi connectivity index (χ3v) is 5.19. The highest BCUT2D eigenvalue weighted by Crippen LogP contribution is 2.28. The molecule has 1 fully saturated rings. The largest absolute Gasteiger partial charge is 0.497 e. The summed E-state index contributed by atoms with van der Waals surface area (Å²) in [6.45, 7) is 1.35. The van der Waals surface area contributed by atoms with Gasteiger partial charge in [-0.1, -0.05) is 0 Å². The number of carbonyl (C=O) groups is 1. The molecule has 3 aromatic heterocycles. The van der Waals surface area contributed by atoms with Crippen LogP contribution in [0.2, 0.25) is 0 Å². The number of fused-ring (bicyclic) bond motifs is 1. The van der Waals surface area contributed by atoms with Crippen LogP contribution in [0.5, 0.6) is 5.88 Å². The number of carbonyl (C=O) groups excluding carboxylic acids is 1. The van der Waals surface area contributed by atoms with Crippen molar-refractivity contribution in [1.82, 2.24) is 24.9 Å². The Bertz CT molecular complexity index is 1130. The molecule has 0 bridgehead atoms. The molecule has 1 atom stereocenters. The Morgan fingerprint density at radius 1 is 1.39 bits per heavy atom. The third kappa shape index (κ3) is 5.59. The molecule has 0 aromatic carbocycles. The van der Waals surface area contributed by atoms with Crippen molar-refractivity contribution in [2.75, 3.05) is 30.8 Å². The van der Waals surface area contributed by atoms with E-state index in [0.717, 1.165) is 25.9 Å². The lowest BCUT2D eigenvalue weighted by Gasteiger charge is -2.22. The molecule has 0 radical (unpaired) electrons. The van der Waals surface area contributed by atoms with Crippen molar-refractivity contribution in [3.05, 3.63) is 36.2 Å². The maximum atomic E-state index is 12.9. The monoisotopic (exact) mass is 447 g/mol. The minimum atomic E-state index is -0.404. The van der Waals surface area contributed by atoms with E-state index in [1.165, 1.54) is 6.20 Å². The molecule has 0 aliphatic carbocycles. The summed E-state index contributed by atoms with van der Waals surface area (Å²) in [5, 5.41) is 13.3. The summed E-state index contributed by atoms with van der Waals surface area (Å²) in [5.41, 5.74) is 1.52. The first-order valence-corrected chi connectivity index (χ1v) is 11.2. The Morgan fingerprint density at radius 2 is 2.24 bits per heavy atom. The number of hydrogen-bond donors (Lipinski definition) is 3. The molecule has 1 amide bonds. The molecular weight excluding hydrogens is 419 g/mol. The molecule has 1 aliphatic rings. The molecular formula is C20H28B3N7O3. The fourth-order valence-corrected chi connectivity index (χ4v) is 3.67. The molecule has 13 heteroatoms. The number of pyridine rings is 1. The molecule has 3 N–H and O–H groups in total. The van der Waals surface area contributed by atoms with Crippen LogP contribution in [0.1, 0.15) is 29.6 Å². The van der Waals surface area contributed by atoms with Crippen LogP contribution in [0.3, 0.4) is 0 Å². The molecule has 0 saturated carbocycles. The molecule has 33 heavy (non-hydrogen) atoms. The summed E-state index contributed by atoms with van der Waals surface area (Å²) in [4.78, 5) is 21.9. The van der Waals surface area contributed by atoms with Crippen LogP contribution < -0.4 is 20.7 Å². The van der Waals surface area contributed by atoms with Gasteiger partial charge in [0.05, 0.1) is 12.3 Å². The SMILES string of the molecule is BC(B)(B)Oc1ncccc1Nc1cc(NC)n2ncc(C(=O)NCCC3CCCO3)c2n1. The summed E-state index contributed by atoms with van der Waals surface area (Å²) in [6.07, 6.45) is 6.36. The van der Waals surface area contributed by atoms with E-state index in [0.29, 0.717) is 41.0 Å². The van der Waals surface area contributed by atoms with Crippen molar-refractivity contribution in [3.8, 4) is 5.88 Å². The summed E-state index contributed by atoms with van der Waals surface area (Å²) in [6, 6.07) is 5.50. The Morgan fingerprint density at radius 3 is 2.97 bits per heavy atom. The van der Waals surface area contributed by atoms with Crippen molar-refractivity contribution in [1.29, 1.82) is 0 Å². The van der Waals surface area contributed by atoms with Gasteiger partial charge >= 0.3 is 0 Å². The van der Waals surface area contributed by atoms with Crippen LogP contribution in [0.4, 0.5) is 17.3 Å². The molecule has 1 saturated heterocycles. The molecule has 1 unspecified atom stereocenters. The van der Waals surface area contributed by atoms with Gasteiger partial charge in [-0.05, 0) is 31.4 Å². The van der Waals surface area contributed by atoms with Crippen LogP contribution in [0, 0.1) is 0 Å². The van der Waals surface area contributed by atoms with E-state index in [-0.39, 0.29) is 12.0 Å². The molecule has 10 nitrogen and oxygen atoms in total. The predicted octanol–water partition coefficient (Wildman–Crippen LogP) is -0.902. The lowest BCUT2D eigenvalue weighted by atomic mass is 9.52. The van der Waals surface area contributed by atoms with E-state index >= 15 is 0 Å². The minimum Gasteiger partial charge on any atom is -0.497 e. The molecule has 0 spiro atoms. The minimum absolute atomic E-state index is 0.215. The number of anilines is 3. The topological polar surface area (TPSA) is 115 Å². The Hall–Kier alpha value is -3.21. The molecule has 170 valence electrons. The molecule has 3 aromatic rings. The van der Waals surface area contributed by atoms with Gasteiger partial charge in [-0.2, -0.15) is 9.61 Å². The van der Waals surface area contributed by atoms with Crippen molar-refractivity contribution < 1.29 is 14.3 Å². The normalized spacial score (nSPS) is 16.0. The highest BCUT2D eigenvalue weighted by molar-refractivity contribution is 6.58. The number of hydrogen-bond acceptors (Lipinski definition) is 8. The zero-order valence-electron chi connectivity index (χ0n) is 19.5. The van der Waals surface area contributed by atoms with E-state index in [9.17, 15) is 4.79 Å². The van der Waals surface area contributed by atoms with Gasteiger partial charge in [0.15, 0.2) is 5.65 Å². The third-order valence-electron chi connectivity index (χ3n) is 5.19. The van der Waals surface area contributed by atoms with E-state index < -0.39 is 5.30 Å². The number of ether oxygens (including phenoxy) is 2. The molecule has 4 heterocycles. The zero-order valence-corrected chi connectivity index (χ0v) is 19.5. The van der Waals surface area contributed by atoms with Gasteiger partial charge in [-0.15, -0.1) is 0 Å². The number of amides is 1. The van der Waals surface area contributed by atoms with E-state index in [2.05, 4.69) is 31.0 Å². The van der Waals surface area contributed by atoms with Crippen molar-refractivity contribution in [3.63, 3.8) is 0 Å². The number of rotatable bonds is 9. The van der Waals surface area contributed by atoms with Crippen LogP contribution in [0.15, 0.2) is 30.6 Å². The van der Waals surface area contributed by atoms with Gasteiger partial charge in [0, 0.05) is 37.8 Å². The van der Waals surface area contributed by atoms with E-state index in [1.807, 2.05) is 41.7 Å². The van der Waals surface area contributed by atoms with Gasteiger partial charge in [0.1, 0.15) is 46.4 Å². The second-order valence-electron chi connectivity index (χ2n) is 8.95. The highest BCUT2D eigenvalue weighted by atomic mass is 16.5. The number of nitrogens with zero attached hydrogens (tertiary/aromatic N) is 4. The van der Waals surface area contributed by atoms with Gasteiger partial charge in [0.2, 0.25) is 5.88 Å². The summed E-state index contributed by atoms with van der Waals surface area (Å²) >= 11 is 0. The summed E-state index contributed by atoms with van der Waals surface area (Å²) in [7, 11) is 7.68. The maximum absolute atomic E-state index is 12.9. The van der Waals surface area contributed by atoms with Gasteiger partial charge < -0.3 is 25.4 Å². The van der Waals surface area contributed by atoms with Crippen LogP contribution in [-0.2, 0) is 4.74 Å². The van der Waals surface area contributed by atoms with Crippen LogP contribution >= 0.6 is 0 Å². The fourth-order valence-electron chi connectivity index (χ4n) is 3.67. The number of aromatic nitrogens is 4. The van der Waals surface area contributed by atoms with Crippen LogP contribution in [0.25, 0.3) is 5.65 Å². The van der Waals surface area contributed by atoms with Crippen LogP contribution in [-0.4, -0.2) is 80.6 Å². The lowest BCUT2D eigenvalue weighted by molar-refractivity contribution is 0.0908. The van der Waals surface area contributed by atoms with E-state index in [1.54, 1.807) is 17.8 Å². The maximum Gasteiger partial charge on any atom is 0.256 e. The zero-order chi connectivity index (χ0) is 23.4. The van der Waals surface area contributed by atoms with Crippen molar-refractivity contribution >= 4 is 52.4 Å². The second kappa shape index (κ2) is 9.74. The van der Waals surface area contributed by atoms with Crippen molar-refractivity contribution in [2.45, 2.75) is 30.7 Å². The predicted molar refractivity (Wildman–Crippen MR) is 135 cm³/mol. The van der Waals surface area contributed by atoms with E-state index in [4.69, 9.17) is 9.47 Å². The Kier molecular flexibility index (Phi) is 6.78. The van der Waals surface area contributed by atoms with Gasteiger partial charge in [-0.25, -0.2) is 9.97 Å². The lowest BCUT2D eigenvalue weighted by Crippen LogP contribution is -2.38. The second-order valence-corrected chi connectivity index (χ2v) is 8.95. The first kappa shape index (κ1) is 23.0. The van der Waals surface area contributed by atoms with Gasteiger partial charge in [-0.3, -0.25) is 4.79 Å². The Balaban J connectivity index is 1.57. The number of nitrogens with one attached hydrogen (secondary N) is 3. The van der Waals surface area contributed by atoms with Gasteiger partial charge in [0.25, 0.3) is 5.91 Å².